The standard InChI is InChI=1S/C18H12BrF2N5O2/c19-11-2-1-10-14(15(11)21)18(3-12(18)20)8-26(16(10)28)7-13(27)25-17-23-5-9(4-22)6-24-17/h1-2,5-6,12H,3,7-8H2,(H,23,24,25,27). The van der Waals surface area contributed by atoms with Crippen molar-refractivity contribution in [3.63, 3.8) is 0 Å². The molecule has 0 radical (unpaired) electrons. The van der Waals surface area contributed by atoms with Gasteiger partial charge in [-0.1, -0.05) is 0 Å². The maximum atomic E-state index is 14.6. The van der Waals surface area contributed by atoms with Gasteiger partial charge in [0.2, 0.25) is 11.9 Å². The summed E-state index contributed by atoms with van der Waals surface area (Å²) < 4.78 is 29.0. The predicted molar refractivity (Wildman–Crippen MR) is 96.6 cm³/mol. The highest BCUT2D eigenvalue weighted by molar-refractivity contribution is 9.10. The minimum Gasteiger partial charge on any atom is -0.328 e. The summed E-state index contributed by atoms with van der Waals surface area (Å²) in [5, 5.41) is 11.2. The van der Waals surface area contributed by atoms with E-state index in [1.165, 1.54) is 29.4 Å². The number of benzene rings is 1. The first kappa shape index (κ1) is 18.4. The first-order chi connectivity index (χ1) is 13.4. The van der Waals surface area contributed by atoms with Crippen molar-refractivity contribution in [2.24, 2.45) is 0 Å². The van der Waals surface area contributed by atoms with Gasteiger partial charge >= 0.3 is 0 Å². The summed E-state index contributed by atoms with van der Waals surface area (Å²) in [7, 11) is 0. The SMILES string of the molecule is N#Cc1cnc(NC(=O)CN2CC3(CC3F)c3c(ccc(Br)c3F)C2=O)nc1. The van der Waals surface area contributed by atoms with E-state index < -0.39 is 29.2 Å². The second kappa shape index (κ2) is 6.60. The topological polar surface area (TPSA) is 99.0 Å². The summed E-state index contributed by atoms with van der Waals surface area (Å²) in [6.07, 6.45) is 1.31. The first-order valence-electron chi connectivity index (χ1n) is 8.29. The Morgan fingerprint density at radius 1 is 1.43 bits per heavy atom. The number of hydrogen-bond donors (Lipinski definition) is 1. The number of carbonyl (C=O) groups excluding carboxylic acids is 2. The summed E-state index contributed by atoms with van der Waals surface area (Å²) in [5.41, 5.74) is -0.748. The number of nitrogens with zero attached hydrogens (tertiary/aromatic N) is 4. The quantitative estimate of drug-likeness (QED) is 0.778. The highest BCUT2D eigenvalue weighted by atomic mass is 79.9. The molecule has 2 unspecified atom stereocenters. The lowest BCUT2D eigenvalue weighted by molar-refractivity contribution is -0.117. The normalized spacial score (nSPS) is 22.6. The molecule has 7 nitrogen and oxygen atoms in total. The molecule has 4 rings (SSSR count). The van der Waals surface area contributed by atoms with Crippen molar-refractivity contribution in [2.75, 3.05) is 18.4 Å². The molecule has 10 heteroatoms. The number of fused-ring (bicyclic) bond motifs is 2. The zero-order valence-electron chi connectivity index (χ0n) is 14.2. The average molecular weight is 448 g/mol. The van der Waals surface area contributed by atoms with Gasteiger partial charge < -0.3 is 4.90 Å². The van der Waals surface area contributed by atoms with Crippen LogP contribution in [0.25, 0.3) is 0 Å². The van der Waals surface area contributed by atoms with Crippen LogP contribution in [0.3, 0.4) is 0 Å². The molecule has 1 saturated carbocycles. The van der Waals surface area contributed by atoms with E-state index in [9.17, 15) is 18.4 Å². The maximum Gasteiger partial charge on any atom is 0.254 e. The Bertz CT molecular complexity index is 1040. The molecular formula is C18H12BrF2N5O2. The van der Waals surface area contributed by atoms with Gasteiger partial charge in [0.1, 0.15) is 24.6 Å². The Balaban J connectivity index is 1.56. The lowest BCUT2D eigenvalue weighted by Gasteiger charge is -2.34. The summed E-state index contributed by atoms with van der Waals surface area (Å²) >= 11 is 3.08. The van der Waals surface area contributed by atoms with Crippen molar-refractivity contribution in [3.05, 3.63) is 51.5 Å². The molecule has 2 amide bonds. The van der Waals surface area contributed by atoms with Crippen LogP contribution in [0.15, 0.2) is 29.0 Å². The molecule has 2 aliphatic rings. The van der Waals surface area contributed by atoms with Crippen LogP contribution >= 0.6 is 15.9 Å². The molecule has 0 saturated heterocycles. The van der Waals surface area contributed by atoms with Gasteiger partial charge in [0, 0.05) is 17.7 Å². The molecule has 1 aliphatic carbocycles. The molecular weight excluding hydrogens is 436 g/mol. The van der Waals surface area contributed by atoms with Crippen molar-refractivity contribution in [3.8, 4) is 6.07 Å². The molecule has 1 aliphatic heterocycles. The van der Waals surface area contributed by atoms with Crippen LogP contribution in [0.4, 0.5) is 14.7 Å². The number of nitrogens with one attached hydrogen (secondary N) is 1. The van der Waals surface area contributed by atoms with Crippen LogP contribution in [-0.2, 0) is 10.2 Å². The van der Waals surface area contributed by atoms with Crippen LogP contribution < -0.4 is 5.32 Å². The molecule has 2 atom stereocenters. The van der Waals surface area contributed by atoms with Gasteiger partial charge in [-0.05, 0) is 34.5 Å². The van der Waals surface area contributed by atoms with Crippen molar-refractivity contribution < 1.29 is 18.4 Å². The lowest BCUT2D eigenvalue weighted by atomic mass is 9.85. The highest BCUT2D eigenvalue weighted by Gasteiger charge is 2.62. The number of carbonyl (C=O) groups is 2. The molecule has 2 heterocycles. The predicted octanol–water partition coefficient (Wildman–Crippen LogP) is 2.32. The number of rotatable bonds is 3. The number of amides is 2. The van der Waals surface area contributed by atoms with Gasteiger partial charge in [-0.25, -0.2) is 18.7 Å². The minimum absolute atomic E-state index is 0.0201. The largest absolute Gasteiger partial charge is 0.328 e. The van der Waals surface area contributed by atoms with Crippen molar-refractivity contribution in [1.29, 1.82) is 5.26 Å². The summed E-state index contributed by atoms with van der Waals surface area (Å²) in [5.74, 6) is -1.78. The van der Waals surface area contributed by atoms with Crippen LogP contribution in [0.2, 0.25) is 0 Å². The molecule has 28 heavy (non-hydrogen) atoms. The molecule has 1 N–H and O–H groups in total. The van der Waals surface area contributed by atoms with Gasteiger partial charge in [-0.3, -0.25) is 14.9 Å². The van der Waals surface area contributed by atoms with Crippen molar-refractivity contribution >= 4 is 33.7 Å². The Hall–Kier alpha value is -2.93. The molecule has 0 bridgehead atoms. The second-order valence-corrected chi connectivity index (χ2v) is 7.58. The third-order valence-corrected chi connectivity index (χ3v) is 5.55. The maximum absolute atomic E-state index is 14.6. The van der Waals surface area contributed by atoms with Crippen molar-refractivity contribution in [1.82, 2.24) is 14.9 Å². The minimum atomic E-state index is -1.28. The summed E-state index contributed by atoms with van der Waals surface area (Å²) in [6, 6.07) is 4.69. The van der Waals surface area contributed by atoms with Crippen LogP contribution in [-0.4, -0.2) is 45.9 Å². The number of aromatic nitrogens is 2. The molecule has 1 aromatic carbocycles. The summed E-state index contributed by atoms with van der Waals surface area (Å²) in [6.45, 7) is -0.442. The van der Waals surface area contributed by atoms with Gasteiger partial charge in [0.25, 0.3) is 5.91 Å². The van der Waals surface area contributed by atoms with E-state index >= 15 is 0 Å². The van der Waals surface area contributed by atoms with E-state index in [4.69, 9.17) is 5.26 Å². The molecule has 1 fully saturated rings. The Labute approximate surface area is 166 Å². The Kier molecular flexibility index (Phi) is 4.34. The Morgan fingerprint density at radius 3 is 2.71 bits per heavy atom. The van der Waals surface area contributed by atoms with Crippen LogP contribution in [0.5, 0.6) is 0 Å². The highest BCUT2D eigenvalue weighted by Crippen LogP contribution is 2.55. The van der Waals surface area contributed by atoms with E-state index in [1.807, 2.05) is 6.07 Å². The smallest absolute Gasteiger partial charge is 0.254 e. The van der Waals surface area contributed by atoms with Crippen LogP contribution in [0, 0.1) is 17.1 Å². The van der Waals surface area contributed by atoms with Crippen LogP contribution in [0.1, 0.15) is 27.9 Å². The fourth-order valence-electron chi connectivity index (χ4n) is 3.48. The third-order valence-electron chi connectivity index (χ3n) is 4.93. The molecule has 1 spiro atoms. The van der Waals surface area contributed by atoms with E-state index in [2.05, 4.69) is 31.2 Å². The number of halogens is 3. The Morgan fingerprint density at radius 2 is 2.11 bits per heavy atom. The van der Waals surface area contributed by atoms with Gasteiger partial charge in [-0.2, -0.15) is 5.26 Å². The van der Waals surface area contributed by atoms with Gasteiger partial charge in [0.05, 0.1) is 27.8 Å². The number of hydrogen-bond acceptors (Lipinski definition) is 5. The molecule has 2 aromatic rings. The first-order valence-corrected chi connectivity index (χ1v) is 9.09. The fourth-order valence-corrected chi connectivity index (χ4v) is 3.81. The van der Waals surface area contributed by atoms with Gasteiger partial charge in [0.15, 0.2) is 0 Å². The average Bonchev–Trinajstić information content (AvgIpc) is 3.31. The fraction of sp³-hybridized carbons (Fsp3) is 0.278. The van der Waals surface area contributed by atoms with E-state index in [0.717, 1.165) is 0 Å². The summed E-state index contributed by atoms with van der Waals surface area (Å²) in [4.78, 5) is 33.9. The molecule has 142 valence electrons. The number of anilines is 1. The zero-order valence-corrected chi connectivity index (χ0v) is 15.8. The van der Waals surface area contributed by atoms with E-state index in [1.54, 1.807) is 0 Å². The van der Waals surface area contributed by atoms with Crippen molar-refractivity contribution in [2.45, 2.75) is 18.0 Å². The number of nitriles is 1. The lowest BCUT2D eigenvalue weighted by Crippen LogP contribution is -2.48. The monoisotopic (exact) mass is 447 g/mol. The molecule has 1 aromatic heterocycles. The van der Waals surface area contributed by atoms with E-state index in [0.29, 0.717) is 0 Å². The number of alkyl halides is 1. The zero-order chi connectivity index (χ0) is 20.1. The third kappa shape index (κ3) is 2.92. The van der Waals surface area contributed by atoms with Gasteiger partial charge in [-0.15, -0.1) is 0 Å². The van der Waals surface area contributed by atoms with E-state index in [-0.39, 0.29) is 46.6 Å². The second-order valence-electron chi connectivity index (χ2n) is 6.73.